The quantitative estimate of drug-likeness (QED) is 0.537. The predicted octanol–water partition coefficient (Wildman–Crippen LogP) is 4.54. The molecule has 1 aromatic carbocycles. The molecule has 1 heterocycles. The van der Waals surface area contributed by atoms with Crippen LogP contribution < -0.4 is 5.32 Å². The minimum atomic E-state index is -0.602. The maximum Gasteiger partial charge on any atom is 0.336 e. The third kappa shape index (κ3) is 4.12. The summed E-state index contributed by atoms with van der Waals surface area (Å²) in [6.07, 6.45) is 1.97. The highest BCUT2D eigenvalue weighted by Gasteiger charge is 2.40. The Hall–Kier alpha value is -1.82. The van der Waals surface area contributed by atoms with Gasteiger partial charge in [-0.3, -0.25) is 4.79 Å². The summed E-state index contributed by atoms with van der Waals surface area (Å²) >= 11 is 12.7. The Kier molecular flexibility index (Phi) is 6.81. The second kappa shape index (κ2) is 9.12. The monoisotopic (exact) mass is 423 g/mol. The van der Waals surface area contributed by atoms with Gasteiger partial charge in [-0.1, -0.05) is 35.3 Å². The minimum absolute atomic E-state index is 0.0157. The first-order chi connectivity index (χ1) is 13.5. The largest absolute Gasteiger partial charge is 0.460 e. The number of rotatable bonds is 6. The van der Waals surface area contributed by atoms with Crippen LogP contribution in [0.15, 0.2) is 40.7 Å². The van der Waals surface area contributed by atoms with Crippen molar-refractivity contribution in [2.75, 3.05) is 19.8 Å². The van der Waals surface area contributed by atoms with Gasteiger partial charge in [0.15, 0.2) is 5.78 Å². The lowest BCUT2D eigenvalue weighted by atomic mass is 9.75. The molecule has 0 saturated carbocycles. The number of halogens is 2. The molecule has 150 valence electrons. The third-order valence-electron chi connectivity index (χ3n) is 4.95. The molecule has 1 N–H and O–H groups in total. The summed E-state index contributed by atoms with van der Waals surface area (Å²) in [5, 5.41) is 3.97. The van der Waals surface area contributed by atoms with E-state index in [9.17, 15) is 9.59 Å². The van der Waals surface area contributed by atoms with Crippen molar-refractivity contribution in [3.8, 4) is 0 Å². The van der Waals surface area contributed by atoms with Gasteiger partial charge in [-0.2, -0.15) is 0 Å². The zero-order valence-corrected chi connectivity index (χ0v) is 17.5. The summed E-state index contributed by atoms with van der Waals surface area (Å²) in [7, 11) is 0. The van der Waals surface area contributed by atoms with Crippen molar-refractivity contribution >= 4 is 35.0 Å². The van der Waals surface area contributed by atoms with E-state index in [0.717, 1.165) is 18.5 Å². The lowest BCUT2D eigenvalue weighted by Gasteiger charge is -2.34. The van der Waals surface area contributed by atoms with Crippen LogP contribution in [-0.4, -0.2) is 31.6 Å². The first kappa shape index (κ1) is 20.9. The highest BCUT2D eigenvalue weighted by atomic mass is 35.5. The second-order valence-electron chi connectivity index (χ2n) is 6.74. The van der Waals surface area contributed by atoms with E-state index < -0.39 is 11.9 Å². The fourth-order valence-electron chi connectivity index (χ4n) is 3.72. The van der Waals surface area contributed by atoms with Crippen molar-refractivity contribution in [3.05, 3.63) is 56.3 Å². The number of carbonyl (C=O) groups excluding carboxylic acids is 2. The predicted molar refractivity (Wildman–Crippen MR) is 108 cm³/mol. The van der Waals surface area contributed by atoms with Crippen LogP contribution in [0.25, 0.3) is 0 Å². The van der Waals surface area contributed by atoms with E-state index >= 15 is 0 Å². The number of nitrogens with one attached hydrogen (secondary N) is 1. The van der Waals surface area contributed by atoms with Crippen LogP contribution in [-0.2, 0) is 19.1 Å². The van der Waals surface area contributed by atoms with Gasteiger partial charge in [0.1, 0.15) is 6.61 Å². The van der Waals surface area contributed by atoms with Gasteiger partial charge in [0.25, 0.3) is 0 Å². The number of esters is 1. The number of ether oxygens (including phenoxy) is 2. The van der Waals surface area contributed by atoms with E-state index in [-0.39, 0.29) is 12.4 Å². The van der Waals surface area contributed by atoms with Gasteiger partial charge in [0, 0.05) is 35.9 Å². The number of benzene rings is 1. The summed E-state index contributed by atoms with van der Waals surface area (Å²) < 4.78 is 10.7. The molecule has 28 heavy (non-hydrogen) atoms. The lowest BCUT2D eigenvalue weighted by molar-refractivity contribution is -0.140. The summed E-state index contributed by atoms with van der Waals surface area (Å²) in [6.45, 7) is 4.69. The molecule has 1 aliphatic heterocycles. The topological polar surface area (TPSA) is 64.6 Å². The number of carbonyl (C=O) groups is 2. The van der Waals surface area contributed by atoms with Crippen molar-refractivity contribution in [1.82, 2.24) is 5.32 Å². The summed E-state index contributed by atoms with van der Waals surface area (Å²) in [4.78, 5) is 25.8. The number of ketones is 1. The zero-order chi connectivity index (χ0) is 20.3. The molecule has 2 aliphatic rings. The van der Waals surface area contributed by atoms with Crippen molar-refractivity contribution in [1.29, 1.82) is 0 Å². The van der Waals surface area contributed by atoms with E-state index in [1.165, 1.54) is 0 Å². The molecule has 0 spiro atoms. The first-order valence-electron chi connectivity index (χ1n) is 9.38. The molecule has 5 nitrogen and oxygen atoms in total. The number of hydrogen-bond acceptors (Lipinski definition) is 5. The Morgan fingerprint density at radius 2 is 2.04 bits per heavy atom. The molecule has 0 saturated heterocycles. The van der Waals surface area contributed by atoms with Crippen LogP contribution in [0.2, 0.25) is 10.0 Å². The normalized spacial score (nSPS) is 19.4. The van der Waals surface area contributed by atoms with Crippen LogP contribution in [0.3, 0.4) is 0 Å². The summed E-state index contributed by atoms with van der Waals surface area (Å²) in [6, 6.07) is 5.26. The van der Waals surface area contributed by atoms with E-state index in [1.807, 2.05) is 13.8 Å². The maximum absolute atomic E-state index is 12.9. The highest BCUT2D eigenvalue weighted by Crippen LogP contribution is 2.45. The molecule has 0 unspecified atom stereocenters. The van der Waals surface area contributed by atoms with Crippen molar-refractivity contribution in [2.45, 2.75) is 39.0 Å². The van der Waals surface area contributed by atoms with Crippen LogP contribution in [0, 0.1) is 0 Å². The zero-order valence-electron chi connectivity index (χ0n) is 15.9. The molecule has 0 aromatic heterocycles. The van der Waals surface area contributed by atoms with Gasteiger partial charge in [-0.05, 0) is 38.3 Å². The minimum Gasteiger partial charge on any atom is -0.460 e. The second-order valence-corrected chi connectivity index (χ2v) is 7.53. The van der Waals surface area contributed by atoms with Crippen LogP contribution in [0.5, 0.6) is 0 Å². The molecule has 0 amide bonds. The Balaban J connectivity index is 2.04. The molecule has 1 aromatic rings. The first-order valence-corrected chi connectivity index (χ1v) is 10.1. The van der Waals surface area contributed by atoms with E-state index in [0.29, 0.717) is 52.1 Å². The highest BCUT2D eigenvalue weighted by molar-refractivity contribution is 6.42. The van der Waals surface area contributed by atoms with E-state index in [1.54, 1.807) is 18.2 Å². The van der Waals surface area contributed by atoms with Gasteiger partial charge in [0.2, 0.25) is 0 Å². The molecule has 1 aliphatic carbocycles. The Morgan fingerprint density at radius 1 is 1.25 bits per heavy atom. The Bertz CT molecular complexity index is 860. The summed E-state index contributed by atoms with van der Waals surface area (Å²) in [5.74, 6) is -1.08. The molecule has 0 fully saturated rings. The van der Waals surface area contributed by atoms with Crippen LogP contribution >= 0.6 is 23.2 Å². The molecular weight excluding hydrogens is 401 g/mol. The standard InChI is InChI=1S/C21H23Cl2NO4/c1-3-27-10-11-28-21(26)17-12(2)24-15-8-5-9-16(25)19(15)18(17)13-6-4-7-14(22)20(13)23/h4,6-7,18,24H,3,5,8-11H2,1-2H3/t18-/m0/s1. The fourth-order valence-corrected chi connectivity index (χ4v) is 4.14. The Morgan fingerprint density at radius 3 is 2.79 bits per heavy atom. The van der Waals surface area contributed by atoms with E-state index in [2.05, 4.69) is 5.32 Å². The molecular formula is C21H23Cl2NO4. The van der Waals surface area contributed by atoms with Crippen molar-refractivity contribution < 1.29 is 19.1 Å². The van der Waals surface area contributed by atoms with Gasteiger partial charge < -0.3 is 14.8 Å². The molecule has 3 rings (SSSR count). The fraction of sp³-hybridized carbons (Fsp3) is 0.429. The maximum atomic E-state index is 12.9. The SMILES string of the molecule is CCOCCOC(=O)C1=C(C)NC2=C(C(=O)CCC2)[C@H]1c1cccc(Cl)c1Cl. The number of Topliss-reactive ketones (excluding diaryl/α,β-unsaturated/α-hetero) is 1. The van der Waals surface area contributed by atoms with Gasteiger partial charge in [-0.25, -0.2) is 4.79 Å². The number of dihydropyridines is 1. The molecule has 0 bridgehead atoms. The van der Waals surface area contributed by atoms with Gasteiger partial charge in [-0.15, -0.1) is 0 Å². The Labute approximate surface area is 174 Å². The number of hydrogen-bond donors (Lipinski definition) is 1. The van der Waals surface area contributed by atoms with Gasteiger partial charge >= 0.3 is 5.97 Å². The van der Waals surface area contributed by atoms with Crippen molar-refractivity contribution in [3.63, 3.8) is 0 Å². The lowest BCUT2D eigenvalue weighted by Crippen LogP contribution is -2.34. The average molecular weight is 424 g/mol. The average Bonchev–Trinajstić information content (AvgIpc) is 2.66. The molecule has 7 heteroatoms. The summed E-state index contributed by atoms with van der Waals surface area (Å²) in [5.41, 5.74) is 3.11. The smallest absolute Gasteiger partial charge is 0.336 e. The van der Waals surface area contributed by atoms with Crippen LogP contribution in [0.4, 0.5) is 0 Å². The van der Waals surface area contributed by atoms with Gasteiger partial charge in [0.05, 0.1) is 22.2 Å². The molecule has 1 atom stereocenters. The van der Waals surface area contributed by atoms with Crippen LogP contribution in [0.1, 0.15) is 44.6 Å². The van der Waals surface area contributed by atoms with Crippen molar-refractivity contribution in [2.24, 2.45) is 0 Å². The number of allylic oxidation sites excluding steroid dienone is 3. The third-order valence-corrected chi connectivity index (χ3v) is 5.79. The molecule has 0 radical (unpaired) electrons. The van der Waals surface area contributed by atoms with E-state index in [4.69, 9.17) is 32.7 Å².